The Labute approximate surface area is 65.0 Å². The van der Waals surface area contributed by atoms with Gasteiger partial charge in [0.25, 0.3) is 0 Å². The predicted octanol–water partition coefficient (Wildman–Crippen LogP) is 3.72. The second-order valence-corrected chi connectivity index (χ2v) is 1.86. The Kier molecular flexibility index (Phi) is 18.8. The smallest absolute Gasteiger partial charge is 0.0353 e. The summed E-state index contributed by atoms with van der Waals surface area (Å²) < 4.78 is 0. The highest BCUT2D eigenvalue weighted by Crippen LogP contribution is 1.99. The standard InChI is InChI=1S/C8H14.C2H4/c1-3-5-7-8-6-4-2;1-2/h3-4H,1-2,5-8H2;1-2H2. The third-order valence-corrected chi connectivity index (χ3v) is 1.07. The summed E-state index contributed by atoms with van der Waals surface area (Å²) in [7, 11) is 0. The van der Waals surface area contributed by atoms with Gasteiger partial charge in [0.2, 0.25) is 0 Å². The lowest BCUT2D eigenvalue weighted by Gasteiger charge is -1.89. The first-order valence-corrected chi connectivity index (χ1v) is 3.63. The molecule has 0 aromatic heterocycles. The average molecular weight is 138 g/mol. The van der Waals surface area contributed by atoms with Crippen molar-refractivity contribution in [3.8, 4) is 0 Å². The molecule has 0 amide bonds. The van der Waals surface area contributed by atoms with Crippen molar-refractivity contribution in [2.24, 2.45) is 0 Å². The molecule has 0 spiro atoms. The zero-order valence-electron chi connectivity index (χ0n) is 6.81. The van der Waals surface area contributed by atoms with Crippen LogP contribution in [0, 0.1) is 0 Å². The van der Waals surface area contributed by atoms with E-state index < -0.39 is 0 Å². The van der Waals surface area contributed by atoms with Crippen LogP contribution in [0.15, 0.2) is 38.5 Å². The van der Waals surface area contributed by atoms with Crippen LogP contribution in [-0.2, 0) is 0 Å². The first kappa shape index (κ1) is 12.0. The summed E-state index contributed by atoms with van der Waals surface area (Å²) in [6.45, 7) is 13.3. The minimum Gasteiger partial charge on any atom is -0.106 e. The van der Waals surface area contributed by atoms with Crippen molar-refractivity contribution < 1.29 is 0 Å². The maximum atomic E-state index is 3.63. The van der Waals surface area contributed by atoms with Crippen LogP contribution in [0.5, 0.6) is 0 Å². The van der Waals surface area contributed by atoms with E-state index >= 15 is 0 Å². The Balaban J connectivity index is 0. The highest BCUT2D eigenvalue weighted by atomic mass is 13.9. The fraction of sp³-hybridized carbons (Fsp3) is 0.400. The summed E-state index contributed by atoms with van der Waals surface area (Å²) in [4.78, 5) is 0. The lowest BCUT2D eigenvalue weighted by molar-refractivity contribution is 0.764. The lowest BCUT2D eigenvalue weighted by atomic mass is 10.2. The number of hydrogen-bond acceptors (Lipinski definition) is 0. The lowest BCUT2D eigenvalue weighted by Crippen LogP contribution is -1.69. The first-order valence-electron chi connectivity index (χ1n) is 3.63. The molecule has 0 unspecified atom stereocenters. The molecule has 0 aliphatic carbocycles. The molecule has 58 valence electrons. The summed E-state index contributed by atoms with van der Waals surface area (Å²) in [5.74, 6) is 0. The number of rotatable bonds is 5. The summed E-state index contributed by atoms with van der Waals surface area (Å²) in [5.41, 5.74) is 0. The monoisotopic (exact) mass is 138 g/mol. The molecule has 0 aromatic carbocycles. The van der Waals surface area contributed by atoms with Crippen LogP contribution >= 0.6 is 0 Å². The molecular weight excluding hydrogens is 120 g/mol. The summed E-state index contributed by atoms with van der Waals surface area (Å²) in [6, 6.07) is 0. The Morgan fingerprint density at radius 1 is 0.800 bits per heavy atom. The molecule has 0 rings (SSSR count). The van der Waals surface area contributed by atoms with Crippen molar-refractivity contribution >= 4 is 0 Å². The van der Waals surface area contributed by atoms with Crippen LogP contribution in [0.1, 0.15) is 25.7 Å². The molecule has 0 nitrogen and oxygen atoms in total. The fourth-order valence-corrected chi connectivity index (χ4v) is 0.577. The molecule has 0 heteroatoms. The quantitative estimate of drug-likeness (QED) is 0.401. The second-order valence-electron chi connectivity index (χ2n) is 1.86. The molecule has 0 heterocycles. The molecule has 10 heavy (non-hydrogen) atoms. The molecule has 0 saturated carbocycles. The van der Waals surface area contributed by atoms with E-state index in [1.54, 1.807) is 0 Å². The molecular formula is C10H18. The third kappa shape index (κ3) is 15.7. The zero-order valence-corrected chi connectivity index (χ0v) is 6.81. The summed E-state index contributed by atoms with van der Waals surface area (Å²) >= 11 is 0. The normalized spacial score (nSPS) is 7.20. The molecule has 0 N–H and O–H groups in total. The van der Waals surface area contributed by atoms with Gasteiger partial charge in [-0.15, -0.1) is 26.3 Å². The molecule has 0 aromatic rings. The number of unbranched alkanes of at least 4 members (excludes halogenated alkanes) is 3. The maximum absolute atomic E-state index is 3.63. The van der Waals surface area contributed by atoms with Crippen molar-refractivity contribution in [3.05, 3.63) is 38.5 Å². The van der Waals surface area contributed by atoms with Crippen molar-refractivity contribution in [1.29, 1.82) is 0 Å². The first-order chi connectivity index (χ1) is 4.91. The van der Waals surface area contributed by atoms with E-state index in [-0.39, 0.29) is 0 Å². The van der Waals surface area contributed by atoms with Gasteiger partial charge in [0.05, 0.1) is 0 Å². The Hall–Kier alpha value is -0.780. The number of hydrogen-bond donors (Lipinski definition) is 0. The predicted molar refractivity (Wildman–Crippen MR) is 50.1 cm³/mol. The van der Waals surface area contributed by atoms with Gasteiger partial charge < -0.3 is 0 Å². The van der Waals surface area contributed by atoms with Crippen LogP contribution in [0.25, 0.3) is 0 Å². The van der Waals surface area contributed by atoms with E-state index in [1.807, 2.05) is 12.2 Å². The van der Waals surface area contributed by atoms with Gasteiger partial charge in [0.15, 0.2) is 0 Å². The van der Waals surface area contributed by atoms with E-state index in [1.165, 1.54) is 12.8 Å². The van der Waals surface area contributed by atoms with Gasteiger partial charge in [0, 0.05) is 0 Å². The van der Waals surface area contributed by atoms with Gasteiger partial charge in [0.1, 0.15) is 0 Å². The van der Waals surface area contributed by atoms with Gasteiger partial charge in [-0.3, -0.25) is 0 Å². The SMILES string of the molecule is C=C.C=CCCCCC=C. The summed E-state index contributed by atoms with van der Waals surface area (Å²) in [6.07, 6.45) is 8.74. The van der Waals surface area contributed by atoms with Crippen molar-refractivity contribution in [2.45, 2.75) is 25.7 Å². The van der Waals surface area contributed by atoms with E-state index in [4.69, 9.17) is 0 Å². The van der Waals surface area contributed by atoms with Crippen molar-refractivity contribution in [1.82, 2.24) is 0 Å². The maximum Gasteiger partial charge on any atom is -0.0353 e. The molecule has 0 atom stereocenters. The minimum atomic E-state index is 1.15. The largest absolute Gasteiger partial charge is 0.106 e. The Bertz CT molecular complexity index is 62.1. The van der Waals surface area contributed by atoms with Gasteiger partial charge in [-0.05, 0) is 25.7 Å². The molecule has 0 radical (unpaired) electrons. The van der Waals surface area contributed by atoms with E-state index in [2.05, 4.69) is 26.3 Å². The molecule has 0 aliphatic heterocycles. The van der Waals surface area contributed by atoms with Crippen LogP contribution in [0.2, 0.25) is 0 Å². The highest BCUT2D eigenvalue weighted by Gasteiger charge is 1.79. The van der Waals surface area contributed by atoms with Gasteiger partial charge >= 0.3 is 0 Å². The molecule has 0 saturated heterocycles. The van der Waals surface area contributed by atoms with E-state index in [0.717, 1.165) is 12.8 Å². The molecule has 0 bridgehead atoms. The minimum absolute atomic E-state index is 1.15. The molecule has 0 fully saturated rings. The van der Waals surface area contributed by atoms with Crippen molar-refractivity contribution in [2.75, 3.05) is 0 Å². The van der Waals surface area contributed by atoms with Gasteiger partial charge in [-0.2, -0.15) is 0 Å². The van der Waals surface area contributed by atoms with E-state index in [0.29, 0.717) is 0 Å². The van der Waals surface area contributed by atoms with Crippen LogP contribution in [-0.4, -0.2) is 0 Å². The molecule has 0 aliphatic rings. The van der Waals surface area contributed by atoms with Gasteiger partial charge in [-0.1, -0.05) is 12.2 Å². The average Bonchev–Trinajstić information content (AvgIpc) is 2.02. The van der Waals surface area contributed by atoms with Crippen LogP contribution in [0.3, 0.4) is 0 Å². The zero-order chi connectivity index (χ0) is 8.24. The second kappa shape index (κ2) is 15.7. The van der Waals surface area contributed by atoms with Crippen LogP contribution in [0.4, 0.5) is 0 Å². The third-order valence-electron chi connectivity index (χ3n) is 1.07. The topological polar surface area (TPSA) is 0 Å². The Morgan fingerprint density at radius 3 is 1.30 bits per heavy atom. The number of allylic oxidation sites excluding steroid dienone is 2. The van der Waals surface area contributed by atoms with Crippen LogP contribution < -0.4 is 0 Å². The Morgan fingerprint density at radius 2 is 1.10 bits per heavy atom. The highest BCUT2D eigenvalue weighted by molar-refractivity contribution is 4.69. The summed E-state index contributed by atoms with van der Waals surface area (Å²) in [5, 5.41) is 0. The van der Waals surface area contributed by atoms with Gasteiger partial charge in [-0.25, -0.2) is 0 Å². The fourth-order valence-electron chi connectivity index (χ4n) is 0.577. The van der Waals surface area contributed by atoms with Crippen molar-refractivity contribution in [3.63, 3.8) is 0 Å². The van der Waals surface area contributed by atoms with E-state index in [9.17, 15) is 0 Å².